The number of rotatable bonds is 5. The Balaban J connectivity index is 2.10. The van der Waals surface area contributed by atoms with Crippen LogP contribution in [-0.4, -0.2) is 5.78 Å². The van der Waals surface area contributed by atoms with E-state index in [2.05, 4.69) is 19.1 Å². The number of hydrogen-bond donors (Lipinski definition) is 0. The van der Waals surface area contributed by atoms with Crippen molar-refractivity contribution < 1.29 is 4.79 Å². The quantitative estimate of drug-likeness (QED) is 0.701. The van der Waals surface area contributed by atoms with Crippen molar-refractivity contribution in [3.8, 4) is 0 Å². The maximum Gasteiger partial charge on any atom is 0.163 e. The van der Waals surface area contributed by atoms with E-state index in [1.807, 2.05) is 49.4 Å². The summed E-state index contributed by atoms with van der Waals surface area (Å²) in [5, 5.41) is 0. The highest BCUT2D eigenvalue weighted by molar-refractivity contribution is 5.96. The Bertz CT molecular complexity index is 525. The van der Waals surface area contributed by atoms with E-state index in [1.54, 1.807) is 0 Å². The summed E-state index contributed by atoms with van der Waals surface area (Å²) in [6, 6.07) is 18.1. The first kappa shape index (κ1) is 13.5. The van der Waals surface area contributed by atoms with E-state index in [1.165, 1.54) is 11.1 Å². The molecule has 2 aromatic rings. The predicted molar refractivity (Wildman–Crippen MR) is 79.6 cm³/mol. The van der Waals surface area contributed by atoms with Crippen LogP contribution in [0.3, 0.4) is 0 Å². The van der Waals surface area contributed by atoms with Crippen molar-refractivity contribution in [2.45, 2.75) is 32.6 Å². The molecular weight excluding hydrogens is 232 g/mol. The minimum Gasteiger partial charge on any atom is -0.294 e. The monoisotopic (exact) mass is 252 g/mol. The van der Waals surface area contributed by atoms with Gasteiger partial charge in [0.25, 0.3) is 0 Å². The van der Waals surface area contributed by atoms with Crippen LogP contribution in [0, 0.1) is 6.92 Å². The molecule has 0 aromatic heterocycles. The zero-order valence-corrected chi connectivity index (χ0v) is 11.6. The third-order valence-corrected chi connectivity index (χ3v) is 3.57. The molecule has 0 radical (unpaired) electrons. The van der Waals surface area contributed by atoms with E-state index in [0.717, 1.165) is 12.0 Å². The summed E-state index contributed by atoms with van der Waals surface area (Å²) in [7, 11) is 0. The SMILES string of the molecule is CC[C@H](CC(=O)c1ccc(C)cc1)c1ccccc1. The lowest BCUT2D eigenvalue weighted by atomic mass is 9.89. The first-order valence-corrected chi connectivity index (χ1v) is 6.85. The van der Waals surface area contributed by atoms with E-state index in [0.29, 0.717) is 12.3 Å². The van der Waals surface area contributed by atoms with Crippen LogP contribution >= 0.6 is 0 Å². The summed E-state index contributed by atoms with van der Waals surface area (Å²) in [4.78, 5) is 12.3. The molecular formula is C18H20O. The van der Waals surface area contributed by atoms with Crippen molar-refractivity contribution in [2.24, 2.45) is 0 Å². The van der Waals surface area contributed by atoms with Gasteiger partial charge in [-0.05, 0) is 24.8 Å². The third-order valence-electron chi connectivity index (χ3n) is 3.57. The molecule has 0 heterocycles. The molecule has 0 bridgehead atoms. The lowest BCUT2D eigenvalue weighted by molar-refractivity contribution is 0.0973. The van der Waals surface area contributed by atoms with Gasteiger partial charge in [-0.1, -0.05) is 67.1 Å². The van der Waals surface area contributed by atoms with E-state index < -0.39 is 0 Å². The second-order valence-electron chi connectivity index (χ2n) is 5.01. The number of ketones is 1. The molecule has 0 aliphatic heterocycles. The summed E-state index contributed by atoms with van der Waals surface area (Å²) in [5.41, 5.74) is 3.26. The Morgan fingerprint density at radius 1 is 1.00 bits per heavy atom. The minimum atomic E-state index is 0.232. The van der Waals surface area contributed by atoms with Gasteiger partial charge in [0.05, 0.1) is 0 Å². The lowest BCUT2D eigenvalue weighted by Crippen LogP contribution is -2.07. The van der Waals surface area contributed by atoms with Crippen LogP contribution in [0.1, 0.15) is 47.2 Å². The van der Waals surface area contributed by atoms with Crippen molar-refractivity contribution >= 4 is 5.78 Å². The first-order chi connectivity index (χ1) is 9.20. The van der Waals surface area contributed by atoms with Gasteiger partial charge in [-0.25, -0.2) is 0 Å². The van der Waals surface area contributed by atoms with Crippen LogP contribution in [-0.2, 0) is 0 Å². The summed E-state index contributed by atoms with van der Waals surface area (Å²) in [6.07, 6.45) is 1.57. The number of benzene rings is 2. The molecule has 19 heavy (non-hydrogen) atoms. The molecule has 1 heteroatoms. The summed E-state index contributed by atoms with van der Waals surface area (Å²) in [5.74, 6) is 0.547. The third kappa shape index (κ3) is 3.54. The standard InChI is InChI=1S/C18H20O/c1-3-15(16-7-5-4-6-8-16)13-18(19)17-11-9-14(2)10-12-17/h4-12,15H,3,13H2,1-2H3/t15-/m1/s1. The van der Waals surface area contributed by atoms with Gasteiger partial charge in [-0.3, -0.25) is 4.79 Å². The fraction of sp³-hybridized carbons (Fsp3) is 0.278. The molecule has 0 spiro atoms. The zero-order chi connectivity index (χ0) is 13.7. The van der Waals surface area contributed by atoms with Gasteiger partial charge in [0.15, 0.2) is 5.78 Å². The van der Waals surface area contributed by atoms with Gasteiger partial charge in [0, 0.05) is 12.0 Å². The fourth-order valence-electron chi connectivity index (χ4n) is 2.30. The van der Waals surface area contributed by atoms with Crippen LogP contribution in [0.5, 0.6) is 0 Å². The zero-order valence-electron chi connectivity index (χ0n) is 11.6. The van der Waals surface area contributed by atoms with E-state index in [4.69, 9.17) is 0 Å². The molecule has 2 rings (SSSR count). The molecule has 0 aliphatic rings. The maximum atomic E-state index is 12.3. The molecule has 0 amide bonds. The highest BCUT2D eigenvalue weighted by atomic mass is 16.1. The number of carbonyl (C=O) groups excluding carboxylic acids is 1. The van der Waals surface area contributed by atoms with Crippen molar-refractivity contribution in [2.75, 3.05) is 0 Å². The summed E-state index contributed by atoms with van der Waals surface area (Å²) >= 11 is 0. The Kier molecular flexibility index (Phi) is 4.51. The van der Waals surface area contributed by atoms with Gasteiger partial charge < -0.3 is 0 Å². The van der Waals surface area contributed by atoms with E-state index in [9.17, 15) is 4.79 Å². The Morgan fingerprint density at radius 3 is 2.21 bits per heavy atom. The molecule has 0 unspecified atom stereocenters. The Labute approximate surface area is 115 Å². The Morgan fingerprint density at radius 2 is 1.63 bits per heavy atom. The van der Waals surface area contributed by atoms with Crippen LogP contribution in [0.15, 0.2) is 54.6 Å². The van der Waals surface area contributed by atoms with Crippen LogP contribution in [0.4, 0.5) is 0 Å². The first-order valence-electron chi connectivity index (χ1n) is 6.85. The smallest absolute Gasteiger partial charge is 0.163 e. The molecule has 0 N–H and O–H groups in total. The largest absolute Gasteiger partial charge is 0.294 e. The van der Waals surface area contributed by atoms with Gasteiger partial charge in [0.2, 0.25) is 0 Å². The van der Waals surface area contributed by atoms with Gasteiger partial charge in [-0.15, -0.1) is 0 Å². The van der Waals surface area contributed by atoms with Crippen LogP contribution in [0.25, 0.3) is 0 Å². The van der Waals surface area contributed by atoms with Crippen LogP contribution in [0.2, 0.25) is 0 Å². The predicted octanol–water partition coefficient (Wildman–Crippen LogP) is 4.76. The topological polar surface area (TPSA) is 17.1 Å². The lowest BCUT2D eigenvalue weighted by Gasteiger charge is -2.14. The second-order valence-corrected chi connectivity index (χ2v) is 5.01. The maximum absolute atomic E-state index is 12.3. The fourth-order valence-corrected chi connectivity index (χ4v) is 2.30. The second kappa shape index (κ2) is 6.33. The summed E-state index contributed by atoms with van der Waals surface area (Å²) < 4.78 is 0. The highest BCUT2D eigenvalue weighted by Gasteiger charge is 2.15. The number of hydrogen-bond acceptors (Lipinski definition) is 1. The normalized spacial score (nSPS) is 12.1. The molecule has 0 saturated carbocycles. The molecule has 0 aliphatic carbocycles. The number of aryl methyl sites for hydroxylation is 1. The summed E-state index contributed by atoms with van der Waals surface area (Å²) in [6.45, 7) is 4.17. The number of Topliss-reactive ketones (excluding diaryl/α,β-unsaturated/α-hetero) is 1. The molecule has 1 atom stereocenters. The molecule has 0 saturated heterocycles. The van der Waals surface area contributed by atoms with Crippen molar-refractivity contribution in [1.29, 1.82) is 0 Å². The molecule has 2 aromatic carbocycles. The van der Waals surface area contributed by atoms with Crippen LogP contribution < -0.4 is 0 Å². The van der Waals surface area contributed by atoms with Crippen molar-refractivity contribution in [1.82, 2.24) is 0 Å². The van der Waals surface area contributed by atoms with Gasteiger partial charge >= 0.3 is 0 Å². The van der Waals surface area contributed by atoms with E-state index >= 15 is 0 Å². The Hall–Kier alpha value is -1.89. The van der Waals surface area contributed by atoms with Crippen molar-refractivity contribution in [3.05, 3.63) is 71.3 Å². The highest BCUT2D eigenvalue weighted by Crippen LogP contribution is 2.24. The molecule has 1 nitrogen and oxygen atoms in total. The molecule has 0 fully saturated rings. The minimum absolute atomic E-state index is 0.232. The van der Waals surface area contributed by atoms with Gasteiger partial charge in [-0.2, -0.15) is 0 Å². The average molecular weight is 252 g/mol. The average Bonchev–Trinajstić information content (AvgIpc) is 2.46. The molecule has 98 valence electrons. The number of carbonyl (C=O) groups is 1. The van der Waals surface area contributed by atoms with Gasteiger partial charge in [0.1, 0.15) is 0 Å². The van der Waals surface area contributed by atoms with Crippen molar-refractivity contribution in [3.63, 3.8) is 0 Å². The van der Waals surface area contributed by atoms with E-state index in [-0.39, 0.29) is 5.78 Å².